The van der Waals surface area contributed by atoms with Crippen LogP contribution in [0, 0.1) is 6.92 Å². The van der Waals surface area contributed by atoms with Gasteiger partial charge in [0.2, 0.25) is 5.82 Å². The van der Waals surface area contributed by atoms with E-state index in [0.717, 1.165) is 0 Å². The Morgan fingerprint density at radius 2 is 2.14 bits per heavy atom. The summed E-state index contributed by atoms with van der Waals surface area (Å²) < 4.78 is 18.9. The summed E-state index contributed by atoms with van der Waals surface area (Å²) >= 11 is 0. The van der Waals surface area contributed by atoms with Crippen molar-refractivity contribution < 1.29 is 19.0 Å². The van der Waals surface area contributed by atoms with Crippen molar-refractivity contribution in [3.8, 4) is 5.75 Å². The zero-order valence-electron chi connectivity index (χ0n) is 16.7. The number of aromatic amines is 1. The molecule has 0 aliphatic carbocycles. The summed E-state index contributed by atoms with van der Waals surface area (Å²) in [5.41, 5.74) is 0.432. The maximum absolute atomic E-state index is 13.3. The van der Waals surface area contributed by atoms with Crippen molar-refractivity contribution in [1.29, 1.82) is 0 Å². The lowest BCUT2D eigenvalue weighted by Gasteiger charge is -2.41. The number of amides is 1. The number of pyridine rings is 1. The van der Waals surface area contributed by atoms with Crippen LogP contribution >= 0.6 is 0 Å². The van der Waals surface area contributed by atoms with Gasteiger partial charge in [-0.1, -0.05) is 5.21 Å². The highest BCUT2D eigenvalue weighted by atomic mass is 16.7. The molecule has 2 N–H and O–H groups in total. The first-order valence-corrected chi connectivity index (χ1v) is 9.30. The number of carbonyl (C=O) groups is 1. The van der Waals surface area contributed by atoms with Crippen LogP contribution in [0.3, 0.4) is 0 Å². The van der Waals surface area contributed by atoms with Crippen LogP contribution in [0.2, 0.25) is 0 Å². The SMILES string of the molecule is CCOc1cccn2c(C(=O)NC3(c4nn[nH]n4)COC(C)(C)OC3)c(C)nc12. The molecule has 3 aromatic heterocycles. The summed E-state index contributed by atoms with van der Waals surface area (Å²) in [5.74, 6) is -0.247. The van der Waals surface area contributed by atoms with Crippen LogP contribution in [0.25, 0.3) is 5.65 Å². The maximum atomic E-state index is 13.3. The predicted molar refractivity (Wildman–Crippen MR) is 100 cm³/mol. The Balaban J connectivity index is 1.71. The maximum Gasteiger partial charge on any atom is 0.271 e. The number of aromatic nitrogens is 6. The summed E-state index contributed by atoms with van der Waals surface area (Å²) in [4.78, 5) is 17.8. The second kappa shape index (κ2) is 7.08. The number of imidazole rings is 1. The summed E-state index contributed by atoms with van der Waals surface area (Å²) in [5, 5.41) is 17.1. The van der Waals surface area contributed by atoms with Crippen LogP contribution in [-0.4, -0.2) is 61.5 Å². The quantitative estimate of drug-likeness (QED) is 0.647. The normalized spacial score (nSPS) is 17.9. The van der Waals surface area contributed by atoms with Gasteiger partial charge in [-0.25, -0.2) is 4.98 Å². The van der Waals surface area contributed by atoms with Crippen molar-refractivity contribution in [3.05, 3.63) is 35.5 Å². The van der Waals surface area contributed by atoms with Crippen LogP contribution < -0.4 is 10.1 Å². The molecule has 1 aliphatic heterocycles. The van der Waals surface area contributed by atoms with Gasteiger partial charge in [0.25, 0.3) is 5.91 Å². The lowest BCUT2D eigenvalue weighted by Crippen LogP contribution is -2.59. The van der Waals surface area contributed by atoms with Gasteiger partial charge >= 0.3 is 0 Å². The van der Waals surface area contributed by atoms with Gasteiger partial charge in [-0.15, -0.1) is 10.2 Å². The number of tetrazole rings is 1. The standard InChI is InChI=1S/C18H23N7O4/c1-5-27-12-7-6-8-25-13(11(2)19-14(12)25)15(26)20-18(16-21-23-24-22-16)9-28-17(3,4)29-10-18/h6-8H,5,9-10H2,1-4H3,(H,20,26)(H,21,22,23,24). The zero-order chi connectivity index (χ0) is 20.6. The molecule has 3 aromatic rings. The van der Waals surface area contributed by atoms with E-state index in [2.05, 4.69) is 30.9 Å². The Labute approximate surface area is 166 Å². The van der Waals surface area contributed by atoms with Crippen molar-refractivity contribution >= 4 is 11.6 Å². The number of rotatable bonds is 5. The molecule has 4 heterocycles. The molecule has 29 heavy (non-hydrogen) atoms. The van der Waals surface area contributed by atoms with E-state index in [-0.39, 0.29) is 24.9 Å². The first kappa shape index (κ1) is 19.3. The van der Waals surface area contributed by atoms with E-state index >= 15 is 0 Å². The summed E-state index contributed by atoms with van der Waals surface area (Å²) in [6, 6.07) is 3.62. The Morgan fingerprint density at radius 1 is 1.38 bits per heavy atom. The highest BCUT2D eigenvalue weighted by molar-refractivity contribution is 5.95. The Morgan fingerprint density at radius 3 is 2.79 bits per heavy atom. The lowest BCUT2D eigenvalue weighted by atomic mass is 9.98. The number of aryl methyl sites for hydroxylation is 1. The highest BCUT2D eigenvalue weighted by Gasteiger charge is 2.46. The number of H-pyrrole nitrogens is 1. The molecule has 4 rings (SSSR count). The molecule has 1 aliphatic rings. The molecule has 0 aromatic carbocycles. The van der Waals surface area contributed by atoms with Gasteiger partial charge in [-0.3, -0.25) is 9.20 Å². The van der Waals surface area contributed by atoms with Crippen LogP contribution in [0.15, 0.2) is 18.3 Å². The van der Waals surface area contributed by atoms with E-state index in [0.29, 0.717) is 29.4 Å². The van der Waals surface area contributed by atoms with Crippen LogP contribution in [0.4, 0.5) is 0 Å². The monoisotopic (exact) mass is 401 g/mol. The molecule has 0 bridgehead atoms. The van der Waals surface area contributed by atoms with Gasteiger partial charge in [0, 0.05) is 6.20 Å². The fourth-order valence-corrected chi connectivity index (χ4v) is 3.27. The van der Waals surface area contributed by atoms with E-state index in [9.17, 15) is 4.79 Å². The van der Waals surface area contributed by atoms with Crippen molar-refractivity contribution in [2.24, 2.45) is 0 Å². The molecule has 1 fully saturated rings. The number of ether oxygens (including phenoxy) is 3. The number of carbonyl (C=O) groups excluding carboxylic acids is 1. The van der Waals surface area contributed by atoms with Crippen LogP contribution in [0.5, 0.6) is 5.75 Å². The van der Waals surface area contributed by atoms with Gasteiger partial charge in [0.05, 0.1) is 25.5 Å². The molecule has 154 valence electrons. The largest absolute Gasteiger partial charge is 0.490 e. The van der Waals surface area contributed by atoms with Gasteiger partial charge < -0.3 is 19.5 Å². The minimum atomic E-state index is -1.09. The second-order valence-corrected chi connectivity index (χ2v) is 7.29. The third-order valence-electron chi connectivity index (χ3n) is 4.76. The molecule has 0 unspecified atom stereocenters. The topological polar surface area (TPSA) is 129 Å². The van der Waals surface area contributed by atoms with Gasteiger partial charge in [-0.2, -0.15) is 5.21 Å². The lowest BCUT2D eigenvalue weighted by molar-refractivity contribution is -0.273. The first-order valence-electron chi connectivity index (χ1n) is 9.30. The van der Waals surface area contributed by atoms with Crippen LogP contribution in [-0.2, 0) is 15.0 Å². The molecule has 1 saturated heterocycles. The van der Waals surface area contributed by atoms with Crippen LogP contribution in [0.1, 0.15) is 42.8 Å². The Bertz CT molecular complexity index is 1020. The van der Waals surface area contributed by atoms with E-state index in [1.54, 1.807) is 37.4 Å². The minimum Gasteiger partial charge on any atom is -0.490 e. The summed E-state index contributed by atoms with van der Waals surface area (Å²) in [6.07, 6.45) is 1.77. The van der Waals surface area contributed by atoms with Gasteiger partial charge in [0.15, 0.2) is 22.7 Å². The van der Waals surface area contributed by atoms with E-state index in [4.69, 9.17) is 14.2 Å². The fraction of sp³-hybridized carbons (Fsp3) is 0.500. The molecule has 0 atom stereocenters. The van der Waals surface area contributed by atoms with Gasteiger partial charge in [-0.05, 0) is 39.8 Å². The van der Waals surface area contributed by atoms with E-state index in [1.165, 1.54) is 0 Å². The fourth-order valence-electron chi connectivity index (χ4n) is 3.27. The molecular formula is C18H23N7O4. The van der Waals surface area contributed by atoms with Crippen molar-refractivity contribution in [1.82, 2.24) is 35.3 Å². The zero-order valence-corrected chi connectivity index (χ0v) is 16.7. The third-order valence-corrected chi connectivity index (χ3v) is 4.76. The molecule has 0 radical (unpaired) electrons. The first-order chi connectivity index (χ1) is 13.9. The smallest absolute Gasteiger partial charge is 0.271 e. The van der Waals surface area contributed by atoms with E-state index < -0.39 is 11.3 Å². The number of fused-ring (bicyclic) bond motifs is 1. The Hall–Kier alpha value is -3.05. The van der Waals surface area contributed by atoms with Crippen molar-refractivity contribution in [2.75, 3.05) is 19.8 Å². The summed E-state index contributed by atoms with van der Waals surface area (Å²) in [6.45, 7) is 8.04. The number of hydrogen-bond donors (Lipinski definition) is 2. The average Bonchev–Trinajstić information content (AvgIpc) is 3.32. The van der Waals surface area contributed by atoms with Gasteiger partial charge in [0.1, 0.15) is 5.69 Å². The average molecular weight is 401 g/mol. The minimum absolute atomic E-state index is 0.130. The molecule has 11 heteroatoms. The molecule has 0 spiro atoms. The molecule has 0 saturated carbocycles. The number of hydrogen-bond acceptors (Lipinski definition) is 8. The number of nitrogens with one attached hydrogen (secondary N) is 2. The molecule has 1 amide bonds. The molecule has 11 nitrogen and oxygen atoms in total. The predicted octanol–water partition coefficient (Wildman–Crippen LogP) is 0.963. The number of nitrogens with zero attached hydrogens (tertiary/aromatic N) is 5. The summed E-state index contributed by atoms with van der Waals surface area (Å²) in [7, 11) is 0. The Kier molecular flexibility index (Phi) is 4.71. The third kappa shape index (κ3) is 3.42. The van der Waals surface area contributed by atoms with Crippen molar-refractivity contribution in [2.45, 2.75) is 39.0 Å². The second-order valence-electron chi connectivity index (χ2n) is 7.29. The molecular weight excluding hydrogens is 378 g/mol. The highest BCUT2D eigenvalue weighted by Crippen LogP contribution is 2.30. The van der Waals surface area contributed by atoms with Crippen molar-refractivity contribution in [3.63, 3.8) is 0 Å². The van der Waals surface area contributed by atoms with E-state index in [1.807, 2.05) is 13.0 Å².